The fraction of sp³-hybridized carbons (Fsp3) is 0.818. The number of carbonyl (C=O) groups excluding carboxylic acids is 1. The minimum Gasteiger partial charge on any atom is -0.480 e. The van der Waals surface area contributed by atoms with Gasteiger partial charge in [-0.15, -0.1) is 0 Å². The monoisotopic (exact) mass is 221 g/mol. The second-order valence-corrected chi connectivity index (χ2v) is 5.53. The lowest BCUT2D eigenvalue weighted by Gasteiger charge is -2.27. The van der Waals surface area contributed by atoms with Crippen molar-refractivity contribution in [2.24, 2.45) is 23.7 Å². The third kappa shape index (κ3) is 1.17. The molecule has 86 valence electrons. The molecule has 3 rings (SSSR count). The summed E-state index contributed by atoms with van der Waals surface area (Å²) in [5, 5.41) is 9.31. The molecule has 0 aromatic rings. The molecule has 1 aliphatic heterocycles. The molecule has 0 spiro atoms. The van der Waals surface area contributed by atoms with Crippen molar-refractivity contribution in [1.82, 2.24) is 4.90 Å². The van der Waals surface area contributed by atoms with E-state index in [2.05, 4.69) is 0 Å². The molecular weight excluding hydrogens is 205 g/mol. The van der Waals surface area contributed by atoms with Gasteiger partial charge >= 0.3 is 5.97 Å². The molecule has 0 radical (unpaired) electrons. The van der Waals surface area contributed by atoms with Crippen molar-refractivity contribution in [3.05, 3.63) is 0 Å². The molecule has 5 atom stereocenters. The van der Waals surface area contributed by atoms with Crippen LogP contribution in [0.5, 0.6) is 0 Å². The van der Waals surface area contributed by atoms with Gasteiger partial charge in [0.05, 0.1) is 0 Å². The van der Waals surface area contributed by atoms with Gasteiger partial charge in [-0.25, -0.2) is 4.79 Å². The molecule has 5 heteroatoms. The highest BCUT2D eigenvalue weighted by Gasteiger charge is 2.58. The zero-order valence-electron chi connectivity index (χ0n) is 9.43. The van der Waals surface area contributed by atoms with Crippen LogP contribution in [0.4, 0.5) is 4.79 Å². The Hall–Kier alpha value is -0.995. The number of likely N-dealkylation sites (tertiary alicyclic amines) is 1. The van der Waals surface area contributed by atoms with E-state index in [4.69, 9.17) is 0 Å². The van der Waals surface area contributed by atoms with Crippen molar-refractivity contribution in [3.63, 3.8) is 0 Å². The van der Waals surface area contributed by atoms with Gasteiger partial charge in [-0.2, -0.15) is 0 Å². The lowest BCUT2D eigenvalue weighted by Crippen LogP contribution is -2.44. The molecule has 1 N–H and O–H groups in total. The molecule has 5 unspecified atom stereocenters. The fourth-order valence-corrected chi connectivity index (χ4v) is 4.39. The molecule has 1 saturated heterocycles. The first kappa shape index (κ1) is 10.2. The summed E-state index contributed by atoms with van der Waals surface area (Å²) in [6, 6.07) is -0.544. The van der Waals surface area contributed by atoms with E-state index in [0.29, 0.717) is 24.3 Å². The van der Waals surface area contributed by atoms with Crippen LogP contribution >= 0.6 is 0 Å². The van der Waals surface area contributed by atoms with Crippen molar-refractivity contribution >= 4 is 19.6 Å². The van der Waals surface area contributed by atoms with Crippen LogP contribution in [0.15, 0.2) is 0 Å². The summed E-state index contributed by atoms with van der Waals surface area (Å²) in [4.78, 5) is 24.4. The summed E-state index contributed by atoms with van der Waals surface area (Å²) in [6.45, 7) is 0.679. The van der Waals surface area contributed by atoms with Gasteiger partial charge in [0.2, 0.25) is 7.85 Å². The first-order valence-electron chi connectivity index (χ1n) is 6.09. The number of fused-ring (bicyclic) bond motifs is 5. The zero-order chi connectivity index (χ0) is 11.4. The molecule has 1 amide bonds. The Balaban J connectivity index is 1.93. The summed E-state index contributed by atoms with van der Waals surface area (Å²) in [7, 11) is 1.49. The predicted octanol–water partition coefficient (Wildman–Crippen LogP) is 0.171. The van der Waals surface area contributed by atoms with Crippen LogP contribution in [-0.4, -0.2) is 42.2 Å². The summed E-state index contributed by atoms with van der Waals surface area (Å²) < 4.78 is 0. The van der Waals surface area contributed by atoms with Gasteiger partial charge < -0.3 is 10.0 Å². The first-order chi connectivity index (χ1) is 7.59. The SMILES string of the molecule is BC(=O)N1CC2C3CCC(C3)C2C1C(=O)O. The Bertz CT molecular complexity index is 359. The third-order valence-corrected chi connectivity index (χ3v) is 4.92. The van der Waals surface area contributed by atoms with Crippen molar-refractivity contribution in [1.29, 1.82) is 0 Å². The summed E-state index contributed by atoms with van der Waals surface area (Å²) in [6.07, 6.45) is 3.61. The Labute approximate surface area is 95.4 Å². The molecule has 3 fully saturated rings. The highest BCUT2D eigenvalue weighted by molar-refractivity contribution is 6.57. The quantitative estimate of drug-likeness (QED) is 0.642. The largest absolute Gasteiger partial charge is 0.480 e. The molecule has 2 saturated carbocycles. The Morgan fingerprint density at radius 3 is 2.56 bits per heavy atom. The zero-order valence-corrected chi connectivity index (χ0v) is 9.43. The summed E-state index contributed by atoms with van der Waals surface area (Å²) in [5.74, 6) is 1.04. The standard InChI is InChI=1S/C11H16BNO3/c12-11(16)13-4-7-5-1-2-6(3-5)8(7)9(13)10(14)15/h5-9H,1-4,12H2,(H,14,15). The van der Waals surface area contributed by atoms with E-state index in [1.807, 2.05) is 0 Å². The smallest absolute Gasteiger partial charge is 0.326 e. The number of nitrogens with zero attached hydrogens (tertiary/aromatic N) is 1. The van der Waals surface area contributed by atoms with Crippen LogP contribution in [0.2, 0.25) is 0 Å². The van der Waals surface area contributed by atoms with Gasteiger partial charge in [0.25, 0.3) is 0 Å². The highest BCUT2D eigenvalue weighted by Crippen LogP contribution is 2.57. The summed E-state index contributed by atoms with van der Waals surface area (Å²) >= 11 is 0. The van der Waals surface area contributed by atoms with E-state index >= 15 is 0 Å². The molecule has 2 bridgehead atoms. The molecular formula is C11H16BNO3. The second-order valence-electron chi connectivity index (χ2n) is 5.53. The average molecular weight is 221 g/mol. The average Bonchev–Trinajstić information content (AvgIpc) is 2.87. The number of hydrogen-bond acceptors (Lipinski definition) is 2. The van der Waals surface area contributed by atoms with Crippen LogP contribution in [0.3, 0.4) is 0 Å². The van der Waals surface area contributed by atoms with E-state index in [-0.39, 0.29) is 11.7 Å². The fourth-order valence-electron chi connectivity index (χ4n) is 4.39. The Morgan fingerprint density at radius 2 is 1.94 bits per heavy atom. The number of hydrogen-bond donors (Lipinski definition) is 1. The van der Waals surface area contributed by atoms with Crippen molar-refractivity contribution in [3.8, 4) is 0 Å². The van der Waals surface area contributed by atoms with Gasteiger partial charge in [0.1, 0.15) is 6.04 Å². The van der Waals surface area contributed by atoms with Crippen molar-refractivity contribution in [2.45, 2.75) is 25.3 Å². The van der Waals surface area contributed by atoms with Gasteiger partial charge in [-0.3, -0.25) is 4.79 Å². The molecule has 0 aromatic heterocycles. The molecule has 0 aromatic carbocycles. The number of carboxylic acids is 1. The lowest BCUT2D eigenvalue weighted by molar-refractivity contribution is -0.143. The number of carbonyl (C=O) groups is 2. The van der Waals surface area contributed by atoms with Crippen molar-refractivity contribution < 1.29 is 14.7 Å². The normalized spacial score (nSPS) is 44.8. The van der Waals surface area contributed by atoms with E-state index in [9.17, 15) is 14.7 Å². The topological polar surface area (TPSA) is 57.6 Å². The van der Waals surface area contributed by atoms with Crippen molar-refractivity contribution in [2.75, 3.05) is 6.54 Å². The van der Waals surface area contributed by atoms with E-state index in [0.717, 1.165) is 0 Å². The number of amides is 1. The van der Waals surface area contributed by atoms with Gasteiger partial charge in [0.15, 0.2) is 5.81 Å². The maximum Gasteiger partial charge on any atom is 0.326 e. The second kappa shape index (κ2) is 3.25. The van der Waals surface area contributed by atoms with E-state index in [1.54, 1.807) is 4.90 Å². The van der Waals surface area contributed by atoms with Crippen LogP contribution < -0.4 is 0 Å². The van der Waals surface area contributed by atoms with Gasteiger partial charge in [0, 0.05) is 6.54 Å². The van der Waals surface area contributed by atoms with E-state index in [1.165, 1.54) is 27.1 Å². The van der Waals surface area contributed by atoms with E-state index < -0.39 is 12.0 Å². The lowest BCUT2D eigenvalue weighted by atomic mass is 9.78. The van der Waals surface area contributed by atoms with Gasteiger partial charge in [-0.1, -0.05) is 0 Å². The minimum atomic E-state index is -0.810. The van der Waals surface area contributed by atoms with Crippen LogP contribution in [0, 0.1) is 23.7 Å². The molecule has 3 aliphatic rings. The minimum absolute atomic E-state index is 0.0822. The van der Waals surface area contributed by atoms with Crippen LogP contribution in [0.25, 0.3) is 0 Å². The molecule has 1 heterocycles. The number of rotatable bonds is 1. The highest BCUT2D eigenvalue weighted by atomic mass is 16.4. The summed E-state index contributed by atoms with van der Waals surface area (Å²) in [5.41, 5.74) is 0. The van der Waals surface area contributed by atoms with Crippen LogP contribution in [0.1, 0.15) is 19.3 Å². The maximum absolute atomic E-state index is 11.5. The van der Waals surface area contributed by atoms with Gasteiger partial charge in [-0.05, 0) is 42.9 Å². The first-order valence-corrected chi connectivity index (χ1v) is 6.09. The number of aliphatic carboxylic acids is 1. The molecule has 2 aliphatic carbocycles. The molecule has 16 heavy (non-hydrogen) atoms. The third-order valence-electron chi connectivity index (χ3n) is 4.92. The molecule has 4 nitrogen and oxygen atoms in total. The number of carboxylic acid groups (broad SMARTS) is 1. The van der Waals surface area contributed by atoms with Crippen LogP contribution in [-0.2, 0) is 4.79 Å². The Kier molecular flexibility index (Phi) is 2.07. The predicted molar refractivity (Wildman–Crippen MR) is 59.9 cm³/mol. The maximum atomic E-state index is 11.5. The Morgan fingerprint density at radius 1 is 1.25 bits per heavy atom.